The fourth-order valence-electron chi connectivity index (χ4n) is 1.09. The predicted molar refractivity (Wildman–Crippen MR) is 60.6 cm³/mol. The van der Waals surface area contributed by atoms with Gasteiger partial charge in [0, 0.05) is 16.3 Å². The van der Waals surface area contributed by atoms with Gasteiger partial charge in [0.15, 0.2) is 0 Å². The van der Waals surface area contributed by atoms with E-state index in [0.717, 1.165) is 12.5 Å². The Hall–Kier alpha value is -0.0831. The van der Waals surface area contributed by atoms with Crippen LogP contribution in [0, 0.1) is 5.92 Å². The van der Waals surface area contributed by atoms with E-state index >= 15 is 0 Å². The van der Waals surface area contributed by atoms with E-state index in [0.29, 0.717) is 6.04 Å². The molecule has 0 aliphatic carbocycles. The number of nitrogens with one attached hydrogen (secondary N) is 1. The molecule has 0 saturated heterocycles. The van der Waals surface area contributed by atoms with Gasteiger partial charge in [-0.1, -0.05) is 39.0 Å². The molecule has 1 atom stereocenters. The van der Waals surface area contributed by atoms with E-state index in [1.807, 2.05) is 0 Å². The minimum absolute atomic E-state index is 0.602. The molecule has 0 bridgehead atoms. The SMILES string of the molecule is CCNC(C=C([SiH3])C(C)C)CC. The molecule has 12 heavy (non-hydrogen) atoms. The van der Waals surface area contributed by atoms with E-state index in [2.05, 4.69) is 39.1 Å². The number of rotatable bonds is 5. The summed E-state index contributed by atoms with van der Waals surface area (Å²) in [5, 5.41) is 5.09. The molecule has 1 N–H and O–H groups in total. The van der Waals surface area contributed by atoms with Gasteiger partial charge in [-0.2, -0.15) is 0 Å². The Kier molecular flexibility index (Phi) is 6.39. The maximum atomic E-state index is 3.46. The van der Waals surface area contributed by atoms with Gasteiger partial charge in [0.05, 0.1) is 0 Å². The summed E-state index contributed by atoms with van der Waals surface area (Å²) in [4.78, 5) is 0. The summed E-state index contributed by atoms with van der Waals surface area (Å²) in [6, 6.07) is 0.602. The Bertz CT molecular complexity index is 141. The lowest BCUT2D eigenvalue weighted by Gasteiger charge is -2.14. The maximum absolute atomic E-state index is 3.46. The highest BCUT2D eigenvalue weighted by Crippen LogP contribution is 2.06. The van der Waals surface area contributed by atoms with Gasteiger partial charge in [-0.3, -0.25) is 0 Å². The van der Waals surface area contributed by atoms with Crippen LogP contribution in [-0.4, -0.2) is 22.8 Å². The average molecular weight is 185 g/mol. The smallest absolute Gasteiger partial charge is 0.0333 e. The zero-order chi connectivity index (χ0) is 9.56. The zero-order valence-electron chi connectivity index (χ0n) is 9.15. The molecule has 0 amide bonds. The standard InChI is InChI=1S/C10H23NSi/c1-5-9(11-6-2)7-10(12)8(3)4/h7-9,11H,5-6H2,1-4,12H3. The Morgan fingerprint density at radius 1 is 1.42 bits per heavy atom. The second-order valence-corrected chi connectivity index (χ2v) is 4.79. The van der Waals surface area contributed by atoms with E-state index in [-0.39, 0.29) is 0 Å². The Labute approximate surface area is 80.1 Å². The monoisotopic (exact) mass is 185 g/mol. The van der Waals surface area contributed by atoms with Crippen molar-refractivity contribution < 1.29 is 0 Å². The van der Waals surface area contributed by atoms with E-state index in [4.69, 9.17) is 0 Å². The molecule has 72 valence electrons. The van der Waals surface area contributed by atoms with Crippen LogP contribution >= 0.6 is 0 Å². The molecule has 0 heterocycles. The lowest BCUT2D eigenvalue weighted by Crippen LogP contribution is -2.26. The molecule has 0 saturated carbocycles. The van der Waals surface area contributed by atoms with Crippen LogP contribution in [0.25, 0.3) is 0 Å². The van der Waals surface area contributed by atoms with Gasteiger partial charge in [0.25, 0.3) is 0 Å². The molecule has 0 aliphatic heterocycles. The van der Waals surface area contributed by atoms with Crippen molar-refractivity contribution in [3.8, 4) is 0 Å². The largest absolute Gasteiger partial charge is 0.311 e. The number of hydrogen-bond donors (Lipinski definition) is 1. The van der Waals surface area contributed by atoms with Crippen LogP contribution in [0.4, 0.5) is 0 Å². The first-order chi connectivity index (χ1) is 5.61. The number of hydrogen-bond acceptors (Lipinski definition) is 1. The first kappa shape index (κ1) is 11.9. The van der Waals surface area contributed by atoms with Gasteiger partial charge in [-0.15, -0.1) is 0 Å². The topological polar surface area (TPSA) is 12.0 Å². The Balaban J connectivity index is 4.05. The molecule has 0 spiro atoms. The van der Waals surface area contributed by atoms with Gasteiger partial charge in [0.2, 0.25) is 0 Å². The third-order valence-corrected chi connectivity index (χ3v) is 3.77. The van der Waals surface area contributed by atoms with Crippen molar-refractivity contribution in [1.82, 2.24) is 5.32 Å². The van der Waals surface area contributed by atoms with Crippen LogP contribution < -0.4 is 5.32 Å². The van der Waals surface area contributed by atoms with Gasteiger partial charge in [-0.25, -0.2) is 0 Å². The van der Waals surface area contributed by atoms with E-state index in [1.54, 1.807) is 5.20 Å². The second kappa shape index (κ2) is 6.43. The third-order valence-electron chi connectivity index (χ3n) is 2.28. The van der Waals surface area contributed by atoms with Gasteiger partial charge >= 0.3 is 0 Å². The molecule has 2 heteroatoms. The van der Waals surface area contributed by atoms with Crippen molar-refractivity contribution in [1.29, 1.82) is 0 Å². The van der Waals surface area contributed by atoms with E-state index in [9.17, 15) is 0 Å². The molecule has 0 aromatic heterocycles. The molecule has 0 rings (SSSR count). The van der Waals surface area contributed by atoms with Crippen molar-refractivity contribution in [3.63, 3.8) is 0 Å². The maximum Gasteiger partial charge on any atom is 0.0333 e. The Morgan fingerprint density at radius 2 is 2.00 bits per heavy atom. The second-order valence-electron chi connectivity index (χ2n) is 3.64. The van der Waals surface area contributed by atoms with E-state index < -0.39 is 0 Å². The third kappa shape index (κ3) is 4.73. The van der Waals surface area contributed by atoms with Gasteiger partial charge in [0.1, 0.15) is 0 Å². The highest BCUT2D eigenvalue weighted by atomic mass is 28.1. The molecule has 0 aromatic carbocycles. The molecule has 1 unspecified atom stereocenters. The average Bonchev–Trinajstić information content (AvgIpc) is 2.03. The van der Waals surface area contributed by atoms with Crippen molar-refractivity contribution in [2.45, 2.75) is 40.2 Å². The number of allylic oxidation sites excluding steroid dienone is 1. The fraction of sp³-hybridized carbons (Fsp3) is 0.800. The van der Waals surface area contributed by atoms with Crippen LogP contribution in [0.15, 0.2) is 11.3 Å². The summed E-state index contributed by atoms with van der Waals surface area (Å²) in [6.07, 6.45) is 3.62. The van der Waals surface area contributed by atoms with Crippen molar-refractivity contribution in [3.05, 3.63) is 11.3 Å². The summed E-state index contributed by atoms with van der Waals surface area (Å²) < 4.78 is 0. The molecule has 1 nitrogen and oxygen atoms in total. The zero-order valence-corrected chi connectivity index (χ0v) is 11.1. The molecule has 0 radical (unpaired) electrons. The normalized spacial score (nSPS) is 15.6. The summed E-state index contributed by atoms with van der Waals surface area (Å²) in [7, 11) is 1.20. The molecular weight excluding hydrogens is 162 g/mol. The van der Waals surface area contributed by atoms with Crippen LogP contribution in [0.5, 0.6) is 0 Å². The summed E-state index contributed by atoms with van der Waals surface area (Å²) in [5.41, 5.74) is 0. The first-order valence-electron chi connectivity index (χ1n) is 5.03. The molecule has 0 fully saturated rings. The van der Waals surface area contributed by atoms with Gasteiger partial charge in [-0.05, 0) is 18.9 Å². The van der Waals surface area contributed by atoms with Crippen molar-refractivity contribution in [2.24, 2.45) is 5.92 Å². The quantitative estimate of drug-likeness (QED) is 0.636. The fourth-order valence-corrected chi connectivity index (χ4v) is 1.50. The highest BCUT2D eigenvalue weighted by molar-refractivity contribution is 6.21. The van der Waals surface area contributed by atoms with Crippen LogP contribution in [-0.2, 0) is 0 Å². The minimum Gasteiger partial charge on any atom is -0.311 e. The molecule has 0 aliphatic rings. The van der Waals surface area contributed by atoms with Crippen molar-refractivity contribution in [2.75, 3.05) is 6.54 Å². The minimum atomic E-state index is 0.602. The molecule has 0 aromatic rings. The highest BCUT2D eigenvalue weighted by Gasteiger charge is 2.02. The van der Waals surface area contributed by atoms with Crippen molar-refractivity contribution >= 4 is 10.2 Å². The summed E-state index contributed by atoms with van der Waals surface area (Å²) >= 11 is 0. The molecular formula is C10H23NSi. The summed E-state index contributed by atoms with van der Waals surface area (Å²) in [5.74, 6) is 0.740. The van der Waals surface area contributed by atoms with Gasteiger partial charge < -0.3 is 5.32 Å². The first-order valence-corrected chi connectivity index (χ1v) is 6.03. The number of likely N-dealkylation sites (N-methyl/N-ethyl adjacent to an activating group) is 1. The lowest BCUT2D eigenvalue weighted by atomic mass is 10.1. The van der Waals surface area contributed by atoms with Crippen LogP contribution in [0.2, 0.25) is 0 Å². The summed E-state index contributed by atoms with van der Waals surface area (Å²) in [6.45, 7) is 10.0. The van der Waals surface area contributed by atoms with E-state index in [1.165, 1.54) is 16.7 Å². The lowest BCUT2D eigenvalue weighted by molar-refractivity contribution is 0.593. The Morgan fingerprint density at radius 3 is 2.33 bits per heavy atom. The van der Waals surface area contributed by atoms with Crippen LogP contribution in [0.3, 0.4) is 0 Å². The van der Waals surface area contributed by atoms with Crippen LogP contribution in [0.1, 0.15) is 34.1 Å². The predicted octanol–water partition coefficient (Wildman–Crippen LogP) is 1.28.